The molecule has 20 heavy (non-hydrogen) atoms. The van der Waals surface area contributed by atoms with E-state index in [9.17, 15) is 14.7 Å². The van der Waals surface area contributed by atoms with Gasteiger partial charge in [-0.1, -0.05) is 19.3 Å². The average molecular weight is 283 g/mol. The molecule has 0 aromatic rings. The van der Waals surface area contributed by atoms with E-state index in [1.165, 1.54) is 0 Å². The van der Waals surface area contributed by atoms with Crippen LogP contribution in [0, 0.1) is 5.92 Å². The zero-order valence-corrected chi connectivity index (χ0v) is 11.9. The SMILES string of the molecule is NC1CCCN(C(=O)NC(C(=O)O)C2CCCCC2)C1. The van der Waals surface area contributed by atoms with Gasteiger partial charge in [0.15, 0.2) is 0 Å². The zero-order valence-electron chi connectivity index (χ0n) is 11.9. The molecule has 0 radical (unpaired) electrons. The van der Waals surface area contributed by atoms with E-state index >= 15 is 0 Å². The number of piperidine rings is 1. The van der Waals surface area contributed by atoms with E-state index in [0.717, 1.165) is 44.9 Å². The molecular formula is C14H25N3O3. The van der Waals surface area contributed by atoms with Crippen molar-refractivity contribution in [3.8, 4) is 0 Å². The van der Waals surface area contributed by atoms with Gasteiger partial charge in [0.2, 0.25) is 0 Å². The van der Waals surface area contributed by atoms with Crippen LogP contribution in [0.25, 0.3) is 0 Å². The number of carbonyl (C=O) groups excluding carboxylic acids is 1. The molecule has 1 aliphatic heterocycles. The minimum Gasteiger partial charge on any atom is -0.480 e. The van der Waals surface area contributed by atoms with Gasteiger partial charge in [-0.05, 0) is 31.6 Å². The van der Waals surface area contributed by atoms with Crippen molar-refractivity contribution < 1.29 is 14.7 Å². The van der Waals surface area contributed by atoms with E-state index in [-0.39, 0.29) is 18.0 Å². The Hall–Kier alpha value is -1.30. The highest BCUT2D eigenvalue weighted by Crippen LogP contribution is 2.26. The predicted octanol–water partition coefficient (Wildman–Crippen LogP) is 1.15. The molecule has 0 aromatic carbocycles. The molecule has 114 valence electrons. The molecule has 0 spiro atoms. The van der Waals surface area contributed by atoms with E-state index < -0.39 is 12.0 Å². The topological polar surface area (TPSA) is 95.7 Å². The lowest BCUT2D eigenvalue weighted by Gasteiger charge is -2.34. The van der Waals surface area contributed by atoms with Crippen molar-refractivity contribution in [3.05, 3.63) is 0 Å². The van der Waals surface area contributed by atoms with Gasteiger partial charge in [0.1, 0.15) is 6.04 Å². The third-order valence-corrected chi connectivity index (χ3v) is 4.41. The second kappa shape index (κ2) is 6.92. The summed E-state index contributed by atoms with van der Waals surface area (Å²) in [6.45, 7) is 1.18. The van der Waals surface area contributed by atoms with Crippen molar-refractivity contribution in [3.63, 3.8) is 0 Å². The lowest BCUT2D eigenvalue weighted by Crippen LogP contribution is -2.55. The smallest absolute Gasteiger partial charge is 0.326 e. The molecule has 2 amide bonds. The number of nitrogens with zero attached hydrogens (tertiary/aromatic N) is 1. The number of rotatable bonds is 3. The highest BCUT2D eigenvalue weighted by Gasteiger charge is 2.32. The van der Waals surface area contributed by atoms with Crippen LogP contribution in [0.3, 0.4) is 0 Å². The lowest BCUT2D eigenvalue weighted by molar-refractivity contribution is -0.141. The van der Waals surface area contributed by atoms with E-state index in [1.54, 1.807) is 4.90 Å². The zero-order chi connectivity index (χ0) is 14.5. The number of carboxylic acids is 1. The molecule has 0 aromatic heterocycles. The number of likely N-dealkylation sites (tertiary alicyclic amines) is 1. The van der Waals surface area contributed by atoms with Crippen LogP contribution in [0.4, 0.5) is 4.79 Å². The van der Waals surface area contributed by atoms with Crippen LogP contribution in [-0.4, -0.2) is 47.2 Å². The van der Waals surface area contributed by atoms with E-state index in [0.29, 0.717) is 13.1 Å². The van der Waals surface area contributed by atoms with Crippen molar-refractivity contribution in [1.29, 1.82) is 0 Å². The molecule has 6 heteroatoms. The van der Waals surface area contributed by atoms with Crippen molar-refractivity contribution in [1.82, 2.24) is 10.2 Å². The van der Waals surface area contributed by atoms with Crippen LogP contribution in [0.1, 0.15) is 44.9 Å². The van der Waals surface area contributed by atoms with Gasteiger partial charge in [-0.2, -0.15) is 0 Å². The summed E-state index contributed by atoms with van der Waals surface area (Å²) in [7, 11) is 0. The Labute approximate surface area is 119 Å². The molecular weight excluding hydrogens is 258 g/mol. The summed E-state index contributed by atoms with van der Waals surface area (Å²) in [4.78, 5) is 25.3. The van der Waals surface area contributed by atoms with Crippen LogP contribution >= 0.6 is 0 Å². The van der Waals surface area contributed by atoms with Gasteiger partial charge >= 0.3 is 12.0 Å². The van der Waals surface area contributed by atoms with E-state index in [1.807, 2.05) is 0 Å². The fraction of sp³-hybridized carbons (Fsp3) is 0.857. The molecule has 2 aliphatic rings. The number of carbonyl (C=O) groups is 2. The highest BCUT2D eigenvalue weighted by molar-refractivity contribution is 5.82. The molecule has 0 bridgehead atoms. The van der Waals surface area contributed by atoms with E-state index in [4.69, 9.17) is 5.73 Å². The van der Waals surface area contributed by atoms with Crippen LogP contribution < -0.4 is 11.1 Å². The molecule has 1 saturated carbocycles. The molecule has 1 heterocycles. The lowest BCUT2D eigenvalue weighted by atomic mass is 9.84. The number of amides is 2. The minimum atomic E-state index is -0.924. The number of nitrogens with one attached hydrogen (secondary N) is 1. The molecule has 2 atom stereocenters. The number of aliphatic carboxylic acids is 1. The van der Waals surface area contributed by atoms with Gasteiger partial charge < -0.3 is 21.1 Å². The molecule has 1 saturated heterocycles. The summed E-state index contributed by atoms with van der Waals surface area (Å²) >= 11 is 0. The predicted molar refractivity (Wildman–Crippen MR) is 75.3 cm³/mol. The molecule has 2 unspecified atom stereocenters. The number of hydrogen-bond acceptors (Lipinski definition) is 3. The fourth-order valence-corrected chi connectivity index (χ4v) is 3.27. The third kappa shape index (κ3) is 3.85. The number of carboxylic acid groups (broad SMARTS) is 1. The largest absolute Gasteiger partial charge is 0.480 e. The van der Waals surface area contributed by atoms with Gasteiger partial charge in [0.25, 0.3) is 0 Å². The van der Waals surface area contributed by atoms with Gasteiger partial charge in [-0.3, -0.25) is 0 Å². The summed E-state index contributed by atoms with van der Waals surface area (Å²) in [5, 5.41) is 12.1. The fourth-order valence-electron chi connectivity index (χ4n) is 3.27. The van der Waals surface area contributed by atoms with Gasteiger partial charge in [0.05, 0.1) is 0 Å². The van der Waals surface area contributed by atoms with Crippen LogP contribution in [-0.2, 0) is 4.79 Å². The summed E-state index contributed by atoms with van der Waals surface area (Å²) in [6.07, 6.45) is 6.85. The Balaban J connectivity index is 1.93. The van der Waals surface area contributed by atoms with Crippen LogP contribution in [0.5, 0.6) is 0 Å². The van der Waals surface area contributed by atoms with E-state index in [2.05, 4.69) is 5.32 Å². The Morgan fingerprint density at radius 3 is 2.45 bits per heavy atom. The summed E-state index contributed by atoms with van der Waals surface area (Å²) in [5.41, 5.74) is 5.86. The summed E-state index contributed by atoms with van der Waals surface area (Å²) in [5.74, 6) is -0.866. The Kier molecular flexibility index (Phi) is 5.23. The number of nitrogens with two attached hydrogens (primary N) is 1. The maximum absolute atomic E-state index is 12.2. The highest BCUT2D eigenvalue weighted by atomic mass is 16.4. The second-order valence-corrected chi connectivity index (χ2v) is 6.01. The van der Waals surface area contributed by atoms with Gasteiger partial charge in [-0.25, -0.2) is 9.59 Å². The Morgan fingerprint density at radius 2 is 1.85 bits per heavy atom. The molecule has 2 rings (SSSR count). The van der Waals surface area contributed by atoms with Crippen molar-refractivity contribution >= 4 is 12.0 Å². The molecule has 1 aliphatic carbocycles. The first-order chi connectivity index (χ1) is 9.58. The standard InChI is InChI=1S/C14H25N3O3/c15-11-7-4-8-17(9-11)14(20)16-12(13(18)19)10-5-2-1-3-6-10/h10-12H,1-9,15H2,(H,16,20)(H,18,19). The normalized spacial score (nSPS) is 26.1. The molecule has 4 N–H and O–H groups in total. The monoisotopic (exact) mass is 283 g/mol. The quantitative estimate of drug-likeness (QED) is 0.724. The van der Waals surface area contributed by atoms with Crippen molar-refractivity contribution in [2.24, 2.45) is 11.7 Å². The van der Waals surface area contributed by atoms with Gasteiger partial charge in [-0.15, -0.1) is 0 Å². The second-order valence-electron chi connectivity index (χ2n) is 6.01. The van der Waals surface area contributed by atoms with Crippen LogP contribution in [0.2, 0.25) is 0 Å². The molecule has 2 fully saturated rings. The number of hydrogen-bond donors (Lipinski definition) is 3. The first-order valence-electron chi connectivity index (χ1n) is 7.61. The van der Waals surface area contributed by atoms with Crippen molar-refractivity contribution in [2.45, 2.75) is 57.0 Å². The van der Waals surface area contributed by atoms with Crippen LogP contribution in [0.15, 0.2) is 0 Å². The first kappa shape index (κ1) is 15.1. The first-order valence-corrected chi connectivity index (χ1v) is 7.61. The maximum Gasteiger partial charge on any atom is 0.326 e. The molecule has 6 nitrogen and oxygen atoms in total. The maximum atomic E-state index is 12.2. The number of urea groups is 1. The third-order valence-electron chi connectivity index (χ3n) is 4.41. The Bertz CT molecular complexity index is 356. The summed E-state index contributed by atoms with van der Waals surface area (Å²) in [6, 6.07) is -1.04. The minimum absolute atomic E-state index is 0.00691. The Morgan fingerprint density at radius 1 is 1.15 bits per heavy atom. The average Bonchev–Trinajstić information content (AvgIpc) is 2.45. The van der Waals surface area contributed by atoms with Crippen molar-refractivity contribution in [2.75, 3.05) is 13.1 Å². The van der Waals surface area contributed by atoms with Gasteiger partial charge in [0, 0.05) is 19.1 Å². The summed E-state index contributed by atoms with van der Waals surface area (Å²) < 4.78 is 0.